The van der Waals surface area contributed by atoms with Crippen LogP contribution in [0.15, 0.2) is 24.3 Å². The molecule has 0 unspecified atom stereocenters. The second-order valence-corrected chi connectivity index (χ2v) is 2.00. The van der Waals surface area contributed by atoms with Crippen LogP contribution in [-0.2, 0) is 0 Å². The van der Waals surface area contributed by atoms with Crippen LogP contribution in [0.5, 0.6) is 5.75 Å². The van der Waals surface area contributed by atoms with Gasteiger partial charge in [-0.2, -0.15) is 5.26 Å². The number of nitrogens with zero attached hydrogens (tertiary/aromatic N) is 1. The van der Waals surface area contributed by atoms with E-state index in [0.717, 1.165) is 0 Å². The molecule has 0 radical (unpaired) electrons. The summed E-state index contributed by atoms with van der Waals surface area (Å²) in [6, 6.07) is 7.72. The first-order chi connectivity index (χ1) is 5.72. The molecule has 0 bridgehead atoms. The maximum absolute atomic E-state index is 10.0. The monoisotopic (exact) mass is 199 g/mol. The van der Waals surface area contributed by atoms with Crippen LogP contribution in [0, 0.1) is 11.3 Å². The van der Waals surface area contributed by atoms with Crippen molar-refractivity contribution >= 4 is 18.6 Å². The summed E-state index contributed by atoms with van der Waals surface area (Å²) in [6.07, 6.45) is -1.36. The van der Waals surface area contributed by atoms with Gasteiger partial charge in [0.25, 0.3) is 0 Å². The Bertz CT molecular complexity index is 328. The zero-order chi connectivity index (χ0) is 8.97. The molecule has 4 nitrogen and oxygen atoms in total. The maximum atomic E-state index is 10.0. The minimum absolute atomic E-state index is 0. The van der Waals surface area contributed by atoms with Crippen LogP contribution in [0.1, 0.15) is 5.56 Å². The van der Waals surface area contributed by atoms with E-state index in [1.54, 1.807) is 0 Å². The fraction of sp³-hybridized carbons (Fsp3) is 0. The molecule has 0 spiro atoms. The molecule has 0 fully saturated rings. The number of nitriles is 1. The van der Waals surface area contributed by atoms with Gasteiger partial charge in [0.05, 0.1) is 11.6 Å². The van der Waals surface area contributed by atoms with E-state index in [4.69, 9.17) is 10.4 Å². The average molecular weight is 200 g/mol. The lowest BCUT2D eigenvalue weighted by molar-refractivity contribution is 0.144. The van der Waals surface area contributed by atoms with E-state index in [1.807, 2.05) is 6.07 Å². The van der Waals surface area contributed by atoms with Gasteiger partial charge in [-0.25, -0.2) is 4.79 Å². The van der Waals surface area contributed by atoms with Gasteiger partial charge in [-0.05, 0) is 24.3 Å². The number of carboxylic acid groups (broad SMARTS) is 1. The van der Waals surface area contributed by atoms with E-state index < -0.39 is 6.16 Å². The topological polar surface area (TPSA) is 70.3 Å². The van der Waals surface area contributed by atoms with Gasteiger partial charge >= 0.3 is 6.16 Å². The molecule has 0 aliphatic carbocycles. The summed E-state index contributed by atoms with van der Waals surface area (Å²) in [4.78, 5) is 10.0. The molecular weight excluding hydrogens is 194 g/mol. The molecule has 0 amide bonds. The summed E-state index contributed by atoms with van der Waals surface area (Å²) in [5.74, 6) is 0.210. The van der Waals surface area contributed by atoms with Crippen LogP contribution >= 0.6 is 12.4 Å². The predicted octanol–water partition coefficient (Wildman–Crippen LogP) is 2.04. The Kier molecular flexibility index (Phi) is 4.34. The number of carbonyl (C=O) groups is 1. The third-order valence-corrected chi connectivity index (χ3v) is 1.19. The number of hydrogen-bond acceptors (Lipinski definition) is 3. The highest BCUT2D eigenvalue weighted by Crippen LogP contribution is 2.11. The fourth-order valence-electron chi connectivity index (χ4n) is 0.698. The SMILES string of the molecule is Cl.N#Cc1ccc(OC(=O)O)cc1. The van der Waals surface area contributed by atoms with E-state index in [9.17, 15) is 4.79 Å². The van der Waals surface area contributed by atoms with Gasteiger partial charge in [-0.15, -0.1) is 12.4 Å². The van der Waals surface area contributed by atoms with Gasteiger partial charge in [0, 0.05) is 0 Å². The molecule has 0 heterocycles. The van der Waals surface area contributed by atoms with Crippen LogP contribution < -0.4 is 4.74 Å². The molecule has 0 atom stereocenters. The first kappa shape index (κ1) is 11.3. The third-order valence-electron chi connectivity index (χ3n) is 1.19. The number of ether oxygens (including phenoxy) is 1. The molecular formula is C8H6ClNO3. The Hall–Kier alpha value is -1.73. The summed E-state index contributed by atoms with van der Waals surface area (Å²) >= 11 is 0. The summed E-state index contributed by atoms with van der Waals surface area (Å²) in [5.41, 5.74) is 0.465. The molecule has 0 aliphatic heterocycles. The Balaban J connectivity index is 0.00000144. The third kappa shape index (κ3) is 3.45. The lowest BCUT2D eigenvalue weighted by Gasteiger charge is -1.97. The highest BCUT2D eigenvalue weighted by atomic mass is 35.5. The highest BCUT2D eigenvalue weighted by molar-refractivity contribution is 5.85. The van der Waals surface area contributed by atoms with Crippen molar-refractivity contribution < 1.29 is 14.6 Å². The molecule has 1 aromatic rings. The van der Waals surface area contributed by atoms with Gasteiger partial charge in [0.15, 0.2) is 0 Å². The largest absolute Gasteiger partial charge is 0.511 e. The lowest BCUT2D eigenvalue weighted by atomic mass is 10.2. The zero-order valence-electron chi connectivity index (χ0n) is 6.43. The quantitative estimate of drug-likeness (QED) is 0.555. The smallest absolute Gasteiger partial charge is 0.449 e. The Labute approximate surface area is 80.8 Å². The van der Waals surface area contributed by atoms with Gasteiger partial charge in [-0.3, -0.25) is 0 Å². The first-order valence-corrected chi connectivity index (χ1v) is 3.13. The van der Waals surface area contributed by atoms with E-state index in [1.165, 1.54) is 24.3 Å². The van der Waals surface area contributed by atoms with Crippen molar-refractivity contribution in [2.45, 2.75) is 0 Å². The van der Waals surface area contributed by atoms with Crippen molar-refractivity contribution in [2.75, 3.05) is 0 Å². The van der Waals surface area contributed by atoms with Gasteiger partial charge in [0.1, 0.15) is 5.75 Å². The van der Waals surface area contributed by atoms with Crippen LogP contribution in [0.2, 0.25) is 0 Å². The Morgan fingerprint density at radius 1 is 1.38 bits per heavy atom. The Morgan fingerprint density at radius 2 is 1.92 bits per heavy atom. The van der Waals surface area contributed by atoms with Crippen molar-refractivity contribution in [1.29, 1.82) is 5.26 Å². The fourth-order valence-corrected chi connectivity index (χ4v) is 0.698. The van der Waals surface area contributed by atoms with E-state index >= 15 is 0 Å². The molecule has 0 aliphatic rings. The molecule has 0 aromatic heterocycles. The Morgan fingerprint density at radius 3 is 2.31 bits per heavy atom. The number of rotatable bonds is 1. The van der Waals surface area contributed by atoms with Crippen LogP contribution in [0.4, 0.5) is 4.79 Å². The second-order valence-electron chi connectivity index (χ2n) is 2.00. The molecule has 0 saturated carbocycles. The second kappa shape index (κ2) is 5.01. The molecule has 1 rings (SSSR count). The van der Waals surface area contributed by atoms with Crippen molar-refractivity contribution in [1.82, 2.24) is 0 Å². The molecule has 1 N–H and O–H groups in total. The predicted molar refractivity (Wildman–Crippen MR) is 47.1 cm³/mol. The molecule has 5 heteroatoms. The molecule has 0 saturated heterocycles. The van der Waals surface area contributed by atoms with Crippen LogP contribution in [-0.4, -0.2) is 11.3 Å². The van der Waals surface area contributed by atoms with Crippen molar-refractivity contribution in [3.63, 3.8) is 0 Å². The summed E-state index contributed by atoms with van der Waals surface area (Å²) in [5, 5.41) is 16.6. The molecule has 1 aromatic carbocycles. The number of benzene rings is 1. The number of halogens is 1. The average Bonchev–Trinajstić information content (AvgIpc) is 2.05. The highest BCUT2D eigenvalue weighted by Gasteiger charge is 1.99. The van der Waals surface area contributed by atoms with Gasteiger partial charge in [-0.1, -0.05) is 0 Å². The van der Waals surface area contributed by atoms with Crippen LogP contribution in [0.3, 0.4) is 0 Å². The van der Waals surface area contributed by atoms with E-state index in [2.05, 4.69) is 4.74 Å². The standard InChI is InChI=1S/C8H5NO3.ClH/c9-5-6-1-3-7(4-2-6)12-8(10)11;/h1-4H,(H,10,11);1H. The molecule has 68 valence electrons. The summed E-state index contributed by atoms with van der Waals surface area (Å²) in [6.45, 7) is 0. The van der Waals surface area contributed by atoms with Gasteiger partial charge < -0.3 is 9.84 Å². The molecule has 13 heavy (non-hydrogen) atoms. The van der Waals surface area contributed by atoms with E-state index in [-0.39, 0.29) is 18.2 Å². The van der Waals surface area contributed by atoms with Crippen molar-refractivity contribution in [3.8, 4) is 11.8 Å². The van der Waals surface area contributed by atoms with Gasteiger partial charge in [0.2, 0.25) is 0 Å². The lowest BCUT2D eigenvalue weighted by Crippen LogP contribution is -2.02. The van der Waals surface area contributed by atoms with Crippen molar-refractivity contribution in [2.24, 2.45) is 0 Å². The normalized spacial score (nSPS) is 7.92. The maximum Gasteiger partial charge on any atom is 0.511 e. The summed E-state index contributed by atoms with van der Waals surface area (Å²) < 4.78 is 4.32. The minimum atomic E-state index is -1.36. The zero-order valence-corrected chi connectivity index (χ0v) is 7.25. The van der Waals surface area contributed by atoms with E-state index in [0.29, 0.717) is 5.56 Å². The summed E-state index contributed by atoms with van der Waals surface area (Å²) in [7, 11) is 0. The first-order valence-electron chi connectivity index (χ1n) is 3.13. The van der Waals surface area contributed by atoms with Crippen molar-refractivity contribution in [3.05, 3.63) is 29.8 Å². The van der Waals surface area contributed by atoms with Crippen LogP contribution in [0.25, 0.3) is 0 Å². The minimum Gasteiger partial charge on any atom is -0.449 e. The number of hydrogen-bond donors (Lipinski definition) is 1.